The second-order valence-electron chi connectivity index (χ2n) is 4.42. The van der Waals surface area contributed by atoms with Gasteiger partial charge >= 0.3 is 0 Å². The summed E-state index contributed by atoms with van der Waals surface area (Å²) in [5.41, 5.74) is 0.493. The predicted molar refractivity (Wildman–Crippen MR) is 66.8 cm³/mol. The molecule has 0 saturated heterocycles. The molecule has 0 aliphatic rings. The molecule has 5 nitrogen and oxygen atoms in total. The molecule has 96 valence electrons. The fourth-order valence-corrected chi connectivity index (χ4v) is 1.73. The van der Waals surface area contributed by atoms with Crippen LogP contribution in [0.25, 0.3) is 0 Å². The lowest BCUT2D eigenvalue weighted by Gasteiger charge is -2.28. The Hall–Kier alpha value is -1.72. The minimum absolute atomic E-state index is 0.00979. The van der Waals surface area contributed by atoms with Crippen LogP contribution in [0.5, 0.6) is 0 Å². The SMILES string of the molecule is Cc1nnc(CNC(C)(CO)c2ccccc2)o1. The van der Waals surface area contributed by atoms with Crippen LogP contribution in [0, 0.1) is 6.92 Å². The Morgan fingerprint density at radius 2 is 2.00 bits per heavy atom. The van der Waals surface area contributed by atoms with Crippen LogP contribution in [0.1, 0.15) is 24.3 Å². The number of aliphatic hydroxyl groups is 1. The molecule has 18 heavy (non-hydrogen) atoms. The van der Waals surface area contributed by atoms with Gasteiger partial charge in [0.2, 0.25) is 11.8 Å². The Morgan fingerprint density at radius 1 is 1.28 bits per heavy atom. The maximum atomic E-state index is 9.59. The van der Waals surface area contributed by atoms with Gasteiger partial charge in [-0.2, -0.15) is 0 Å². The summed E-state index contributed by atoms with van der Waals surface area (Å²) in [6, 6.07) is 9.79. The van der Waals surface area contributed by atoms with Gasteiger partial charge in [0.15, 0.2) is 0 Å². The predicted octanol–water partition coefficient (Wildman–Crippen LogP) is 1.38. The number of nitrogens with zero attached hydrogens (tertiary/aromatic N) is 2. The minimum Gasteiger partial charge on any atom is -0.424 e. The van der Waals surface area contributed by atoms with Crippen molar-refractivity contribution in [3.63, 3.8) is 0 Å². The molecule has 2 N–H and O–H groups in total. The second kappa shape index (κ2) is 5.29. The van der Waals surface area contributed by atoms with Crippen LogP contribution >= 0.6 is 0 Å². The van der Waals surface area contributed by atoms with Crippen LogP contribution in [0.15, 0.2) is 34.7 Å². The topological polar surface area (TPSA) is 71.2 Å². The highest BCUT2D eigenvalue weighted by molar-refractivity contribution is 5.23. The van der Waals surface area contributed by atoms with E-state index in [9.17, 15) is 5.11 Å². The number of aromatic nitrogens is 2. The van der Waals surface area contributed by atoms with E-state index in [4.69, 9.17) is 4.42 Å². The molecule has 0 spiro atoms. The van der Waals surface area contributed by atoms with Gasteiger partial charge in [-0.1, -0.05) is 30.3 Å². The van der Waals surface area contributed by atoms with Crippen molar-refractivity contribution in [1.29, 1.82) is 0 Å². The zero-order valence-corrected chi connectivity index (χ0v) is 10.6. The maximum Gasteiger partial charge on any atom is 0.230 e. The lowest BCUT2D eigenvalue weighted by Crippen LogP contribution is -2.42. The molecule has 0 amide bonds. The molecular formula is C13H17N3O2. The molecule has 2 aromatic rings. The summed E-state index contributed by atoms with van der Waals surface area (Å²) in [6.07, 6.45) is 0. The van der Waals surface area contributed by atoms with E-state index in [0.717, 1.165) is 5.56 Å². The van der Waals surface area contributed by atoms with E-state index in [1.807, 2.05) is 37.3 Å². The molecule has 0 fully saturated rings. The highest BCUT2D eigenvalue weighted by Crippen LogP contribution is 2.20. The lowest BCUT2D eigenvalue weighted by molar-refractivity contribution is 0.170. The van der Waals surface area contributed by atoms with Crippen molar-refractivity contribution >= 4 is 0 Å². The molecule has 1 aromatic carbocycles. The Kier molecular flexibility index (Phi) is 3.74. The van der Waals surface area contributed by atoms with E-state index in [1.54, 1.807) is 6.92 Å². The van der Waals surface area contributed by atoms with Crippen molar-refractivity contribution in [2.24, 2.45) is 0 Å². The van der Waals surface area contributed by atoms with Gasteiger partial charge in [0.25, 0.3) is 0 Å². The normalized spacial score (nSPS) is 14.4. The zero-order valence-electron chi connectivity index (χ0n) is 10.6. The third-order valence-corrected chi connectivity index (χ3v) is 2.92. The van der Waals surface area contributed by atoms with Gasteiger partial charge in [0.1, 0.15) is 0 Å². The highest BCUT2D eigenvalue weighted by Gasteiger charge is 2.25. The Labute approximate surface area is 106 Å². The van der Waals surface area contributed by atoms with E-state index >= 15 is 0 Å². The number of benzene rings is 1. The van der Waals surface area contributed by atoms with Crippen LogP contribution in [0.4, 0.5) is 0 Å². The fraction of sp³-hybridized carbons (Fsp3) is 0.385. The lowest BCUT2D eigenvalue weighted by atomic mass is 9.93. The van der Waals surface area contributed by atoms with E-state index < -0.39 is 5.54 Å². The van der Waals surface area contributed by atoms with Gasteiger partial charge in [0.05, 0.1) is 18.7 Å². The monoisotopic (exact) mass is 247 g/mol. The molecule has 1 heterocycles. The van der Waals surface area contributed by atoms with Gasteiger partial charge in [-0.3, -0.25) is 5.32 Å². The Bertz CT molecular complexity index is 498. The first-order valence-corrected chi connectivity index (χ1v) is 5.84. The van der Waals surface area contributed by atoms with Gasteiger partial charge in [-0.05, 0) is 12.5 Å². The number of rotatable bonds is 5. The van der Waals surface area contributed by atoms with E-state index in [1.165, 1.54) is 0 Å². The molecular weight excluding hydrogens is 230 g/mol. The Balaban J connectivity index is 2.09. The smallest absolute Gasteiger partial charge is 0.230 e. The van der Waals surface area contributed by atoms with Crippen molar-refractivity contribution in [3.8, 4) is 0 Å². The average Bonchev–Trinajstić information content (AvgIpc) is 2.83. The maximum absolute atomic E-state index is 9.59. The van der Waals surface area contributed by atoms with E-state index in [-0.39, 0.29) is 6.61 Å². The van der Waals surface area contributed by atoms with Crippen molar-refractivity contribution in [2.75, 3.05) is 6.61 Å². The van der Waals surface area contributed by atoms with Crippen molar-refractivity contribution in [3.05, 3.63) is 47.7 Å². The third-order valence-electron chi connectivity index (χ3n) is 2.92. The number of hydrogen-bond acceptors (Lipinski definition) is 5. The molecule has 2 rings (SSSR count). The van der Waals surface area contributed by atoms with Gasteiger partial charge in [-0.15, -0.1) is 10.2 Å². The van der Waals surface area contributed by atoms with Crippen LogP contribution in [-0.4, -0.2) is 21.9 Å². The Morgan fingerprint density at radius 3 is 2.56 bits per heavy atom. The fourth-order valence-electron chi connectivity index (χ4n) is 1.73. The number of aryl methyl sites for hydroxylation is 1. The number of nitrogens with one attached hydrogen (secondary N) is 1. The molecule has 1 atom stereocenters. The summed E-state index contributed by atoms with van der Waals surface area (Å²) in [5.74, 6) is 1.06. The van der Waals surface area contributed by atoms with Crippen LogP contribution in [0.2, 0.25) is 0 Å². The van der Waals surface area contributed by atoms with Crippen molar-refractivity contribution in [2.45, 2.75) is 25.9 Å². The molecule has 0 radical (unpaired) electrons. The van der Waals surface area contributed by atoms with Crippen LogP contribution in [-0.2, 0) is 12.1 Å². The first-order valence-electron chi connectivity index (χ1n) is 5.84. The zero-order chi connectivity index (χ0) is 13.0. The summed E-state index contributed by atoms with van der Waals surface area (Å²) in [4.78, 5) is 0. The summed E-state index contributed by atoms with van der Waals surface area (Å²) in [5, 5.41) is 20.5. The van der Waals surface area contributed by atoms with E-state index in [2.05, 4.69) is 15.5 Å². The summed E-state index contributed by atoms with van der Waals surface area (Å²) >= 11 is 0. The van der Waals surface area contributed by atoms with Crippen molar-refractivity contribution in [1.82, 2.24) is 15.5 Å². The molecule has 1 unspecified atom stereocenters. The molecule has 1 aromatic heterocycles. The van der Waals surface area contributed by atoms with Crippen LogP contribution < -0.4 is 5.32 Å². The van der Waals surface area contributed by atoms with Crippen molar-refractivity contribution < 1.29 is 9.52 Å². The standard InChI is InChI=1S/C13H17N3O2/c1-10-15-16-12(18-10)8-14-13(2,9-17)11-6-4-3-5-7-11/h3-7,14,17H,8-9H2,1-2H3. The molecule has 0 aliphatic carbocycles. The van der Waals surface area contributed by atoms with Gasteiger partial charge < -0.3 is 9.52 Å². The molecule has 0 bridgehead atoms. The number of hydrogen-bond donors (Lipinski definition) is 2. The van der Waals surface area contributed by atoms with Crippen LogP contribution in [0.3, 0.4) is 0 Å². The first kappa shape index (κ1) is 12.7. The van der Waals surface area contributed by atoms with Gasteiger partial charge in [-0.25, -0.2) is 0 Å². The molecule has 0 saturated carbocycles. The number of aliphatic hydroxyl groups excluding tert-OH is 1. The van der Waals surface area contributed by atoms with Gasteiger partial charge in [0, 0.05) is 6.92 Å². The largest absolute Gasteiger partial charge is 0.424 e. The summed E-state index contributed by atoms with van der Waals surface area (Å²) in [6.45, 7) is 4.10. The average molecular weight is 247 g/mol. The van der Waals surface area contributed by atoms with E-state index in [0.29, 0.717) is 18.3 Å². The molecule has 0 aliphatic heterocycles. The first-order chi connectivity index (χ1) is 8.64. The quantitative estimate of drug-likeness (QED) is 0.835. The summed E-state index contributed by atoms with van der Waals surface area (Å²) < 4.78 is 5.29. The minimum atomic E-state index is -0.524. The highest BCUT2D eigenvalue weighted by atomic mass is 16.4. The third kappa shape index (κ3) is 2.75. The molecule has 5 heteroatoms. The second-order valence-corrected chi connectivity index (χ2v) is 4.42. The summed E-state index contributed by atoms with van der Waals surface area (Å²) in [7, 11) is 0.